The van der Waals surface area contributed by atoms with Crippen LogP contribution in [0, 0.1) is 13.8 Å². The number of nitrogens with one attached hydrogen (secondary N) is 1. The second-order valence-corrected chi connectivity index (χ2v) is 7.26. The van der Waals surface area contributed by atoms with Crippen LogP contribution in [0.2, 0.25) is 0 Å². The fraction of sp³-hybridized carbons (Fsp3) is 0.444. The van der Waals surface area contributed by atoms with E-state index >= 15 is 0 Å². The summed E-state index contributed by atoms with van der Waals surface area (Å²) >= 11 is 1.72. The molecule has 25 heavy (non-hydrogen) atoms. The summed E-state index contributed by atoms with van der Waals surface area (Å²) in [4.78, 5) is 12.2. The van der Waals surface area contributed by atoms with Gasteiger partial charge in [-0.15, -0.1) is 11.3 Å². The highest BCUT2D eigenvalue weighted by Gasteiger charge is 2.14. The van der Waals surface area contributed by atoms with Gasteiger partial charge in [0, 0.05) is 25.5 Å². The van der Waals surface area contributed by atoms with Crippen molar-refractivity contribution < 1.29 is 9.47 Å². The lowest BCUT2D eigenvalue weighted by Gasteiger charge is -2.23. The third-order valence-electron chi connectivity index (χ3n) is 4.01. The lowest BCUT2D eigenvalue weighted by atomic mass is 10.2. The number of fused-ring (bicyclic) bond motifs is 1. The van der Waals surface area contributed by atoms with Gasteiger partial charge in [-0.1, -0.05) is 6.07 Å². The van der Waals surface area contributed by atoms with Crippen molar-refractivity contribution in [2.45, 2.75) is 26.9 Å². The van der Waals surface area contributed by atoms with Crippen molar-refractivity contribution in [3.05, 3.63) is 39.3 Å². The molecule has 0 fully saturated rings. The number of hydrogen-bond donors (Lipinski definition) is 1. The molecule has 134 valence electrons. The molecule has 1 aliphatic heterocycles. The summed E-state index contributed by atoms with van der Waals surface area (Å²) in [5, 5.41) is 4.50. The Balaban J connectivity index is 1.62. The van der Waals surface area contributed by atoms with E-state index in [1.54, 1.807) is 18.4 Å². The smallest absolute Gasteiger partial charge is 0.193 e. The Kier molecular flexibility index (Phi) is 5.43. The van der Waals surface area contributed by atoms with Gasteiger partial charge >= 0.3 is 0 Å². The predicted molar refractivity (Wildman–Crippen MR) is 101 cm³/mol. The van der Waals surface area contributed by atoms with E-state index in [1.165, 1.54) is 4.88 Å². The van der Waals surface area contributed by atoms with Gasteiger partial charge in [0.15, 0.2) is 17.5 Å². The molecule has 0 atom stereocenters. The van der Waals surface area contributed by atoms with Gasteiger partial charge in [0.2, 0.25) is 0 Å². The van der Waals surface area contributed by atoms with Gasteiger partial charge < -0.3 is 19.7 Å². The molecule has 0 radical (unpaired) electrons. The Morgan fingerprint density at radius 3 is 2.72 bits per heavy atom. The van der Waals surface area contributed by atoms with Gasteiger partial charge in [0.25, 0.3) is 0 Å². The quantitative estimate of drug-likeness (QED) is 0.671. The largest absolute Gasteiger partial charge is 0.486 e. The molecular formula is C18H24N4O2S. The highest BCUT2D eigenvalue weighted by molar-refractivity contribution is 7.11. The van der Waals surface area contributed by atoms with Crippen molar-refractivity contribution >= 4 is 17.3 Å². The molecule has 1 aliphatic rings. The summed E-state index contributed by atoms with van der Waals surface area (Å²) in [5.41, 5.74) is 2.24. The Labute approximate surface area is 152 Å². The molecule has 2 heterocycles. The molecule has 0 amide bonds. The molecule has 0 spiro atoms. The van der Waals surface area contributed by atoms with Gasteiger partial charge in [-0.25, -0.2) is 4.98 Å². The average molecular weight is 360 g/mol. The van der Waals surface area contributed by atoms with Crippen molar-refractivity contribution in [3.63, 3.8) is 0 Å². The highest BCUT2D eigenvalue weighted by atomic mass is 32.1. The molecule has 0 unspecified atom stereocenters. The molecule has 0 saturated heterocycles. The summed E-state index contributed by atoms with van der Waals surface area (Å²) in [7, 11) is 3.82. The Morgan fingerprint density at radius 1 is 1.28 bits per heavy atom. The summed E-state index contributed by atoms with van der Waals surface area (Å²) < 4.78 is 11.2. The Morgan fingerprint density at radius 2 is 2.04 bits per heavy atom. The van der Waals surface area contributed by atoms with Crippen LogP contribution in [0.1, 0.15) is 21.1 Å². The molecule has 3 rings (SSSR count). The van der Waals surface area contributed by atoms with E-state index in [2.05, 4.69) is 26.3 Å². The molecule has 1 aromatic heterocycles. The van der Waals surface area contributed by atoms with E-state index in [-0.39, 0.29) is 0 Å². The van der Waals surface area contributed by atoms with E-state index in [0.717, 1.165) is 46.8 Å². The van der Waals surface area contributed by atoms with Gasteiger partial charge in [-0.3, -0.25) is 4.99 Å². The first kappa shape index (κ1) is 17.5. The first-order chi connectivity index (χ1) is 12.1. The summed E-state index contributed by atoms with van der Waals surface area (Å²) in [6.07, 6.45) is 0. The monoisotopic (exact) mass is 360 g/mol. The van der Waals surface area contributed by atoms with Crippen LogP contribution in [0.15, 0.2) is 23.2 Å². The van der Waals surface area contributed by atoms with Gasteiger partial charge in [-0.2, -0.15) is 0 Å². The lowest BCUT2D eigenvalue weighted by Crippen LogP contribution is -2.38. The maximum atomic E-state index is 5.66. The number of rotatable bonds is 4. The number of aryl methyl sites for hydroxylation is 2. The fourth-order valence-electron chi connectivity index (χ4n) is 2.82. The zero-order valence-corrected chi connectivity index (χ0v) is 15.9. The molecule has 0 aliphatic carbocycles. The topological polar surface area (TPSA) is 59.0 Å². The van der Waals surface area contributed by atoms with Gasteiger partial charge in [-0.05, 0) is 31.5 Å². The minimum Gasteiger partial charge on any atom is -0.486 e. The van der Waals surface area contributed by atoms with Crippen LogP contribution >= 0.6 is 11.3 Å². The van der Waals surface area contributed by atoms with Gasteiger partial charge in [0.05, 0.1) is 17.2 Å². The SMILES string of the molecule is CN=C(NCc1sc(C)nc1C)N(C)Cc1ccc2c(c1)OCCO2. The number of ether oxygens (including phenoxy) is 2. The van der Waals surface area contributed by atoms with Crippen LogP contribution in [0.4, 0.5) is 0 Å². The zero-order valence-electron chi connectivity index (χ0n) is 15.1. The van der Waals surface area contributed by atoms with Crippen LogP contribution in [0.25, 0.3) is 0 Å². The van der Waals surface area contributed by atoms with Crippen LogP contribution in [-0.4, -0.2) is 43.2 Å². The summed E-state index contributed by atoms with van der Waals surface area (Å²) in [6.45, 7) is 6.75. The molecule has 7 heteroatoms. The summed E-state index contributed by atoms with van der Waals surface area (Å²) in [6, 6.07) is 6.07. The Bertz CT molecular complexity index is 772. The number of hydrogen-bond acceptors (Lipinski definition) is 5. The standard InChI is InChI=1S/C18H24N4O2S/c1-12-17(25-13(2)21-12)10-20-18(19-3)22(4)11-14-5-6-15-16(9-14)24-8-7-23-15/h5-6,9H,7-8,10-11H2,1-4H3,(H,19,20). The zero-order chi connectivity index (χ0) is 17.8. The molecule has 0 bridgehead atoms. The van der Waals surface area contributed by atoms with E-state index in [9.17, 15) is 0 Å². The van der Waals surface area contributed by atoms with Crippen molar-refractivity contribution in [1.82, 2.24) is 15.2 Å². The minimum atomic E-state index is 0.600. The van der Waals surface area contributed by atoms with E-state index in [1.807, 2.05) is 33.0 Å². The van der Waals surface area contributed by atoms with E-state index in [0.29, 0.717) is 13.2 Å². The van der Waals surface area contributed by atoms with Crippen LogP contribution in [0.5, 0.6) is 11.5 Å². The number of aromatic nitrogens is 1. The van der Waals surface area contributed by atoms with E-state index in [4.69, 9.17) is 9.47 Å². The van der Waals surface area contributed by atoms with Crippen LogP contribution in [0.3, 0.4) is 0 Å². The van der Waals surface area contributed by atoms with Crippen molar-refractivity contribution in [1.29, 1.82) is 0 Å². The van der Waals surface area contributed by atoms with Crippen LogP contribution in [-0.2, 0) is 13.1 Å². The number of nitrogens with zero attached hydrogens (tertiary/aromatic N) is 3. The number of thiazole rings is 1. The lowest BCUT2D eigenvalue weighted by molar-refractivity contribution is 0.171. The normalized spacial score (nSPS) is 13.7. The molecule has 6 nitrogen and oxygen atoms in total. The molecule has 0 saturated carbocycles. The maximum absolute atomic E-state index is 5.66. The van der Waals surface area contributed by atoms with Gasteiger partial charge in [0.1, 0.15) is 13.2 Å². The number of aliphatic imine (C=N–C) groups is 1. The second kappa shape index (κ2) is 7.74. The average Bonchev–Trinajstić information content (AvgIpc) is 2.93. The maximum Gasteiger partial charge on any atom is 0.193 e. The first-order valence-corrected chi connectivity index (χ1v) is 9.11. The highest BCUT2D eigenvalue weighted by Crippen LogP contribution is 2.31. The molecule has 1 N–H and O–H groups in total. The molecule has 2 aromatic rings. The van der Waals surface area contributed by atoms with Crippen molar-refractivity contribution in [2.75, 3.05) is 27.3 Å². The van der Waals surface area contributed by atoms with E-state index < -0.39 is 0 Å². The third kappa shape index (κ3) is 4.22. The fourth-order valence-corrected chi connectivity index (χ4v) is 3.69. The minimum absolute atomic E-state index is 0.600. The van der Waals surface area contributed by atoms with Crippen LogP contribution < -0.4 is 14.8 Å². The van der Waals surface area contributed by atoms with Crippen molar-refractivity contribution in [3.8, 4) is 11.5 Å². The second-order valence-electron chi connectivity index (χ2n) is 5.98. The first-order valence-electron chi connectivity index (χ1n) is 8.30. The molecule has 1 aromatic carbocycles. The van der Waals surface area contributed by atoms with Crippen molar-refractivity contribution in [2.24, 2.45) is 4.99 Å². The predicted octanol–water partition coefficient (Wildman–Crippen LogP) is 2.74. The number of benzene rings is 1. The summed E-state index contributed by atoms with van der Waals surface area (Å²) in [5.74, 6) is 2.48. The Hall–Kier alpha value is -2.28. The molecular weight excluding hydrogens is 336 g/mol. The number of guanidine groups is 1. The third-order valence-corrected chi connectivity index (χ3v) is 5.08.